The highest BCUT2D eigenvalue weighted by Gasteiger charge is 2.17. The Morgan fingerprint density at radius 1 is 1.03 bits per heavy atom. The van der Waals surface area contributed by atoms with Crippen LogP contribution in [0.25, 0.3) is 0 Å². The second-order valence-electron chi connectivity index (χ2n) is 6.41. The van der Waals surface area contributed by atoms with Gasteiger partial charge in [-0.3, -0.25) is 4.79 Å². The summed E-state index contributed by atoms with van der Waals surface area (Å²) in [6.45, 7) is 3.47. The van der Waals surface area contributed by atoms with E-state index in [1.807, 2.05) is 0 Å². The lowest BCUT2D eigenvalue weighted by Crippen LogP contribution is -2.01. The van der Waals surface area contributed by atoms with Crippen molar-refractivity contribution in [3.63, 3.8) is 0 Å². The number of nitrogens with zero attached hydrogens (tertiary/aromatic N) is 2. The van der Waals surface area contributed by atoms with Crippen LogP contribution in [0.1, 0.15) is 21.5 Å². The quantitative estimate of drug-likeness (QED) is 0.233. The highest BCUT2D eigenvalue weighted by Crippen LogP contribution is 2.36. The summed E-state index contributed by atoms with van der Waals surface area (Å²) in [5, 5.41) is 18.6. The molecule has 0 aliphatic heterocycles. The maximum Gasteiger partial charge on any atom is 0.330 e. The van der Waals surface area contributed by atoms with E-state index in [-0.39, 0.29) is 29.5 Å². The van der Waals surface area contributed by atoms with Gasteiger partial charge in [0.05, 0.1) is 18.4 Å². The Balaban J connectivity index is 1.83. The molecule has 0 atom stereocenters. The molecule has 0 fully saturated rings. The fraction of sp³-hybridized carbons (Fsp3) is 0.0833. The molecule has 0 aliphatic carbocycles. The van der Waals surface area contributed by atoms with Gasteiger partial charge in [-0.15, -0.1) is 5.11 Å². The lowest BCUT2D eigenvalue weighted by Gasteiger charge is -2.09. The number of benzene rings is 3. The number of esters is 1. The average Bonchev–Trinajstić information content (AvgIpc) is 2.82. The van der Waals surface area contributed by atoms with Gasteiger partial charge in [0.15, 0.2) is 5.78 Å². The molecule has 0 amide bonds. The number of aromatic hydroxyl groups is 1. The SMILES string of the molecule is C=CC(=O)OCc1ccc(/N=N/c2cc(C(=O)c3ccccc3)c(O)cc2OC)cc1. The molecule has 3 aromatic carbocycles. The maximum atomic E-state index is 12.7. The number of ketones is 1. The highest BCUT2D eigenvalue weighted by atomic mass is 16.5. The van der Waals surface area contributed by atoms with E-state index >= 15 is 0 Å². The van der Waals surface area contributed by atoms with E-state index in [1.165, 1.54) is 19.2 Å². The lowest BCUT2D eigenvalue weighted by atomic mass is 10.0. The predicted molar refractivity (Wildman–Crippen MR) is 115 cm³/mol. The zero-order chi connectivity index (χ0) is 22.2. The second-order valence-corrected chi connectivity index (χ2v) is 6.41. The maximum absolute atomic E-state index is 12.7. The molecule has 0 heterocycles. The summed E-state index contributed by atoms with van der Waals surface area (Å²) >= 11 is 0. The van der Waals surface area contributed by atoms with Gasteiger partial charge in [0, 0.05) is 17.7 Å². The number of azo groups is 1. The minimum Gasteiger partial charge on any atom is -0.507 e. The number of methoxy groups -OCH3 is 1. The first kappa shape index (κ1) is 21.4. The third kappa shape index (κ3) is 5.42. The largest absolute Gasteiger partial charge is 0.507 e. The highest BCUT2D eigenvalue weighted by molar-refractivity contribution is 6.11. The molecule has 0 aliphatic rings. The van der Waals surface area contributed by atoms with Crippen LogP contribution in [0.15, 0.2) is 89.6 Å². The summed E-state index contributed by atoms with van der Waals surface area (Å²) < 4.78 is 10.2. The summed E-state index contributed by atoms with van der Waals surface area (Å²) in [5.41, 5.74) is 2.17. The van der Waals surface area contributed by atoms with Crippen LogP contribution < -0.4 is 4.74 Å². The van der Waals surface area contributed by atoms with Gasteiger partial charge in [-0.1, -0.05) is 49.0 Å². The number of phenols is 1. The zero-order valence-electron chi connectivity index (χ0n) is 16.8. The van der Waals surface area contributed by atoms with E-state index in [9.17, 15) is 14.7 Å². The topological polar surface area (TPSA) is 97.6 Å². The van der Waals surface area contributed by atoms with Crippen molar-refractivity contribution in [3.8, 4) is 11.5 Å². The Labute approximate surface area is 179 Å². The van der Waals surface area contributed by atoms with Crippen molar-refractivity contribution >= 4 is 23.1 Å². The standard InChI is InChI=1S/C24H20N2O5/c1-3-23(28)31-15-16-9-11-18(12-10-16)25-26-20-13-19(21(27)14-22(20)30-2)24(29)17-7-5-4-6-8-17/h3-14,27H,1,15H2,2H3/b26-25+. The van der Waals surface area contributed by atoms with Crippen LogP contribution in [0.4, 0.5) is 11.4 Å². The van der Waals surface area contributed by atoms with Crippen molar-refractivity contribution in [3.05, 3.63) is 96.1 Å². The van der Waals surface area contributed by atoms with Gasteiger partial charge in [0.1, 0.15) is 23.8 Å². The van der Waals surface area contributed by atoms with Gasteiger partial charge in [0.2, 0.25) is 0 Å². The van der Waals surface area contributed by atoms with Crippen molar-refractivity contribution < 1.29 is 24.2 Å². The summed E-state index contributed by atoms with van der Waals surface area (Å²) in [5.74, 6) is -0.762. The van der Waals surface area contributed by atoms with Gasteiger partial charge in [-0.2, -0.15) is 5.11 Å². The minimum atomic E-state index is -0.496. The molecule has 0 saturated heterocycles. The molecule has 0 unspecified atom stereocenters. The van der Waals surface area contributed by atoms with Gasteiger partial charge in [0.25, 0.3) is 0 Å². The number of hydrogen-bond acceptors (Lipinski definition) is 7. The monoisotopic (exact) mass is 416 g/mol. The minimum absolute atomic E-state index is 0.0975. The van der Waals surface area contributed by atoms with E-state index in [2.05, 4.69) is 16.8 Å². The van der Waals surface area contributed by atoms with E-state index in [0.717, 1.165) is 11.6 Å². The average molecular weight is 416 g/mol. The molecule has 0 saturated carbocycles. The first-order chi connectivity index (χ1) is 15.0. The van der Waals surface area contributed by atoms with Gasteiger partial charge >= 0.3 is 5.97 Å². The van der Waals surface area contributed by atoms with E-state index in [1.54, 1.807) is 54.6 Å². The number of hydrogen-bond donors (Lipinski definition) is 1. The Morgan fingerprint density at radius 2 is 1.74 bits per heavy atom. The van der Waals surface area contributed by atoms with Crippen molar-refractivity contribution in [2.45, 2.75) is 6.61 Å². The summed E-state index contributed by atoms with van der Waals surface area (Å²) in [6.07, 6.45) is 1.10. The molecule has 0 aromatic heterocycles. The van der Waals surface area contributed by atoms with E-state index < -0.39 is 5.97 Å². The van der Waals surface area contributed by atoms with Crippen LogP contribution in [-0.4, -0.2) is 24.0 Å². The third-order valence-corrected chi connectivity index (χ3v) is 4.34. The Kier molecular flexibility index (Phi) is 6.90. The predicted octanol–water partition coefficient (Wildman–Crippen LogP) is 5.28. The molecule has 1 N–H and O–H groups in total. The molecule has 7 heteroatoms. The van der Waals surface area contributed by atoms with Crippen LogP contribution in [0, 0.1) is 0 Å². The number of ether oxygens (including phenoxy) is 2. The molecular formula is C24H20N2O5. The Morgan fingerprint density at radius 3 is 2.39 bits per heavy atom. The number of carbonyl (C=O) groups excluding carboxylic acids is 2. The number of rotatable bonds is 8. The van der Waals surface area contributed by atoms with Crippen LogP contribution in [0.5, 0.6) is 11.5 Å². The molecule has 7 nitrogen and oxygen atoms in total. The molecular weight excluding hydrogens is 396 g/mol. The van der Waals surface area contributed by atoms with Gasteiger partial charge in [-0.05, 0) is 23.8 Å². The van der Waals surface area contributed by atoms with Crippen LogP contribution >= 0.6 is 0 Å². The normalized spacial score (nSPS) is 10.6. The first-order valence-corrected chi connectivity index (χ1v) is 9.32. The van der Waals surface area contributed by atoms with E-state index in [0.29, 0.717) is 16.9 Å². The zero-order valence-corrected chi connectivity index (χ0v) is 16.8. The van der Waals surface area contributed by atoms with Crippen molar-refractivity contribution in [1.82, 2.24) is 0 Å². The van der Waals surface area contributed by atoms with Crippen molar-refractivity contribution in [2.24, 2.45) is 10.2 Å². The van der Waals surface area contributed by atoms with Gasteiger partial charge < -0.3 is 14.6 Å². The van der Waals surface area contributed by atoms with Crippen molar-refractivity contribution in [2.75, 3.05) is 7.11 Å². The Bertz CT molecular complexity index is 1120. The Hall–Kier alpha value is -4.26. The third-order valence-electron chi connectivity index (χ3n) is 4.34. The molecule has 31 heavy (non-hydrogen) atoms. The molecule has 0 bridgehead atoms. The fourth-order valence-corrected chi connectivity index (χ4v) is 2.71. The summed E-state index contributed by atoms with van der Waals surface area (Å²) in [4.78, 5) is 23.9. The van der Waals surface area contributed by atoms with E-state index in [4.69, 9.17) is 9.47 Å². The van der Waals surface area contributed by atoms with Crippen LogP contribution in [0.2, 0.25) is 0 Å². The first-order valence-electron chi connectivity index (χ1n) is 9.32. The molecule has 156 valence electrons. The second kappa shape index (κ2) is 9.98. The number of phenolic OH excluding ortho intramolecular Hbond substituents is 1. The molecule has 0 spiro atoms. The summed E-state index contributed by atoms with van der Waals surface area (Å²) in [6, 6.07) is 18.3. The smallest absolute Gasteiger partial charge is 0.330 e. The molecule has 0 radical (unpaired) electrons. The van der Waals surface area contributed by atoms with Gasteiger partial charge in [-0.25, -0.2) is 4.79 Å². The molecule has 3 rings (SSSR count). The fourth-order valence-electron chi connectivity index (χ4n) is 2.71. The molecule has 3 aromatic rings. The summed E-state index contributed by atoms with van der Waals surface area (Å²) in [7, 11) is 1.44. The van der Waals surface area contributed by atoms with Crippen molar-refractivity contribution in [1.29, 1.82) is 0 Å². The van der Waals surface area contributed by atoms with Crippen LogP contribution in [0.3, 0.4) is 0 Å². The lowest BCUT2D eigenvalue weighted by molar-refractivity contribution is -0.138. The van der Waals surface area contributed by atoms with Crippen LogP contribution in [-0.2, 0) is 16.1 Å². The number of carbonyl (C=O) groups is 2.